The van der Waals surface area contributed by atoms with Gasteiger partial charge in [0.05, 0.1) is 23.2 Å². The molecular weight excluding hydrogens is 486 g/mol. The molecule has 4 aromatic rings. The van der Waals surface area contributed by atoms with E-state index < -0.39 is 5.97 Å². The molecule has 0 radical (unpaired) electrons. The number of thiazole rings is 1. The zero-order chi connectivity index (χ0) is 22.1. The lowest BCUT2D eigenvalue weighted by Crippen LogP contribution is -2.23. The normalized spacial score (nSPS) is 11.7. The zero-order valence-corrected chi connectivity index (χ0v) is 19.1. The van der Waals surface area contributed by atoms with Crippen molar-refractivity contribution in [2.24, 2.45) is 0 Å². The Morgan fingerprint density at radius 1 is 1.16 bits per heavy atom. The molecule has 2 aromatic heterocycles. The number of carbonyl (C=O) groups excluding carboxylic acids is 1. The number of rotatable bonds is 5. The fourth-order valence-electron chi connectivity index (χ4n) is 2.91. The van der Waals surface area contributed by atoms with Gasteiger partial charge in [0.1, 0.15) is 5.75 Å². The van der Waals surface area contributed by atoms with Crippen LogP contribution in [-0.2, 0) is 4.79 Å². The van der Waals surface area contributed by atoms with Gasteiger partial charge in [-0.15, -0.1) is 5.10 Å². The number of fused-ring (bicyclic) bond motifs is 1. The summed E-state index contributed by atoms with van der Waals surface area (Å²) >= 11 is 4.61. The lowest BCUT2D eigenvalue weighted by atomic mass is 10.2. The van der Waals surface area contributed by atoms with Crippen LogP contribution in [0.2, 0.25) is 0 Å². The van der Waals surface area contributed by atoms with Gasteiger partial charge in [-0.2, -0.15) is 9.50 Å². The lowest BCUT2D eigenvalue weighted by molar-refractivity contribution is -0.132. The van der Waals surface area contributed by atoms with Crippen molar-refractivity contribution in [2.75, 3.05) is 14.2 Å². The fourth-order valence-corrected chi connectivity index (χ4v) is 4.36. The Labute approximate surface area is 188 Å². The van der Waals surface area contributed by atoms with Gasteiger partial charge < -0.3 is 14.2 Å². The van der Waals surface area contributed by atoms with Gasteiger partial charge in [0.25, 0.3) is 5.56 Å². The molecule has 0 spiro atoms. The number of hydrogen-bond acceptors (Lipinski definition) is 8. The molecule has 2 heterocycles. The summed E-state index contributed by atoms with van der Waals surface area (Å²) in [6.45, 7) is 1.31. The van der Waals surface area contributed by atoms with E-state index in [0.29, 0.717) is 31.1 Å². The van der Waals surface area contributed by atoms with Gasteiger partial charge in [-0.1, -0.05) is 11.3 Å². The van der Waals surface area contributed by atoms with Crippen LogP contribution in [0.3, 0.4) is 0 Å². The molecule has 0 bridgehead atoms. The predicted octanol–water partition coefficient (Wildman–Crippen LogP) is 3.07. The van der Waals surface area contributed by atoms with Crippen LogP contribution in [0.1, 0.15) is 12.5 Å². The van der Waals surface area contributed by atoms with E-state index in [1.165, 1.54) is 29.9 Å². The van der Waals surface area contributed by atoms with Crippen LogP contribution in [0.15, 0.2) is 45.7 Å². The number of hydrogen-bond donors (Lipinski definition) is 0. The molecule has 31 heavy (non-hydrogen) atoms. The standard InChI is InChI=1S/C21H16BrN3O5S/c1-11(26)30-18-15(22)8-12(9-16(18)29-3)10-17-20(27)25-21(31-17)23-19(24-25)13-4-6-14(28-2)7-5-13/h4-10H,1-3H3. The molecule has 0 N–H and O–H groups in total. The summed E-state index contributed by atoms with van der Waals surface area (Å²) in [5.74, 6) is 1.38. The second-order valence-corrected chi connectivity index (χ2v) is 8.27. The number of methoxy groups -OCH3 is 2. The quantitative estimate of drug-likeness (QED) is 0.306. The highest BCUT2D eigenvalue weighted by molar-refractivity contribution is 9.10. The van der Waals surface area contributed by atoms with E-state index in [-0.39, 0.29) is 11.3 Å². The summed E-state index contributed by atoms with van der Waals surface area (Å²) in [5.41, 5.74) is 1.21. The van der Waals surface area contributed by atoms with Crippen molar-refractivity contribution in [2.45, 2.75) is 6.92 Å². The summed E-state index contributed by atoms with van der Waals surface area (Å²) in [6.07, 6.45) is 1.71. The maximum absolute atomic E-state index is 12.8. The Balaban J connectivity index is 1.74. The molecular formula is C21H16BrN3O5S. The largest absolute Gasteiger partial charge is 0.497 e. The molecule has 8 nitrogen and oxygen atoms in total. The van der Waals surface area contributed by atoms with E-state index in [2.05, 4.69) is 26.0 Å². The highest BCUT2D eigenvalue weighted by Crippen LogP contribution is 2.37. The molecule has 10 heteroatoms. The molecule has 0 saturated heterocycles. The molecule has 2 aromatic carbocycles. The summed E-state index contributed by atoms with van der Waals surface area (Å²) < 4.78 is 17.9. The molecule has 0 aliphatic heterocycles. The maximum atomic E-state index is 12.8. The molecule has 0 fully saturated rings. The van der Waals surface area contributed by atoms with Crippen LogP contribution in [0, 0.1) is 0 Å². The minimum absolute atomic E-state index is 0.272. The minimum Gasteiger partial charge on any atom is -0.497 e. The first kappa shape index (κ1) is 21.0. The van der Waals surface area contributed by atoms with E-state index in [4.69, 9.17) is 14.2 Å². The molecule has 0 saturated carbocycles. The summed E-state index contributed by atoms with van der Waals surface area (Å²) in [5, 5.41) is 4.35. The number of halogens is 1. The second-order valence-electron chi connectivity index (χ2n) is 6.40. The molecule has 0 atom stereocenters. The highest BCUT2D eigenvalue weighted by Gasteiger charge is 2.15. The first-order chi connectivity index (χ1) is 14.9. The number of nitrogens with zero attached hydrogens (tertiary/aromatic N) is 3. The zero-order valence-electron chi connectivity index (χ0n) is 16.7. The highest BCUT2D eigenvalue weighted by atomic mass is 79.9. The van der Waals surface area contributed by atoms with Crippen LogP contribution in [-0.4, -0.2) is 34.8 Å². The molecule has 4 rings (SSSR count). The third-order valence-corrected chi connectivity index (χ3v) is 5.87. The number of esters is 1. The summed E-state index contributed by atoms with van der Waals surface area (Å²) in [6, 6.07) is 10.7. The van der Waals surface area contributed by atoms with Gasteiger partial charge in [0.15, 0.2) is 17.3 Å². The number of benzene rings is 2. The summed E-state index contributed by atoms with van der Waals surface area (Å²) in [7, 11) is 3.07. The SMILES string of the molecule is COc1ccc(-c2nc3sc(=Cc4cc(Br)c(OC(C)=O)c(OC)c4)c(=O)n3n2)cc1. The Morgan fingerprint density at radius 2 is 1.90 bits per heavy atom. The van der Waals surface area contributed by atoms with Crippen molar-refractivity contribution in [1.29, 1.82) is 0 Å². The van der Waals surface area contributed by atoms with E-state index in [0.717, 1.165) is 11.3 Å². The Morgan fingerprint density at radius 3 is 2.52 bits per heavy atom. The van der Waals surface area contributed by atoms with E-state index in [1.807, 2.05) is 24.3 Å². The average molecular weight is 502 g/mol. The van der Waals surface area contributed by atoms with Crippen LogP contribution in [0.25, 0.3) is 22.4 Å². The monoisotopic (exact) mass is 501 g/mol. The Kier molecular flexibility index (Phi) is 5.75. The summed E-state index contributed by atoms with van der Waals surface area (Å²) in [4.78, 5) is 29.1. The van der Waals surface area contributed by atoms with Gasteiger partial charge >= 0.3 is 5.97 Å². The predicted molar refractivity (Wildman–Crippen MR) is 120 cm³/mol. The minimum atomic E-state index is -0.462. The second kappa shape index (κ2) is 8.48. The fraction of sp³-hybridized carbons (Fsp3) is 0.143. The van der Waals surface area contributed by atoms with Crippen LogP contribution < -0.4 is 24.3 Å². The number of ether oxygens (including phenoxy) is 3. The smallest absolute Gasteiger partial charge is 0.308 e. The number of carbonyl (C=O) groups is 1. The lowest BCUT2D eigenvalue weighted by Gasteiger charge is -2.10. The van der Waals surface area contributed by atoms with Crippen molar-refractivity contribution in [3.8, 4) is 28.6 Å². The molecule has 0 amide bonds. The van der Waals surface area contributed by atoms with Crippen molar-refractivity contribution >= 4 is 44.3 Å². The molecule has 158 valence electrons. The first-order valence-corrected chi connectivity index (χ1v) is 10.6. The van der Waals surface area contributed by atoms with Crippen molar-refractivity contribution in [3.05, 3.63) is 61.3 Å². The first-order valence-electron chi connectivity index (χ1n) is 9.01. The third-order valence-electron chi connectivity index (χ3n) is 4.33. The van der Waals surface area contributed by atoms with Crippen molar-refractivity contribution in [3.63, 3.8) is 0 Å². The number of aromatic nitrogens is 3. The van der Waals surface area contributed by atoms with Crippen LogP contribution in [0.4, 0.5) is 0 Å². The molecule has 0 unspecified atom stereocenters. The van der Waals surface area contributed by atoms with Gasteiger partial charge in [-0.3, -0.25) is 9.59 Å². The van der Waals surface area contributed by atoms with Crippen LogP contribution in [0.5, 0.6) is 17.2 Å². The van der Waals surface area contributed by atoms with Crippen molar-refractivity contribution in [1.82, 2.24) is 14.6 Å². The van der Waals surface area contributed by atoms with E-state index in [9.17, 15) is 9.59 Å². The molecule has 0 aliphatic rings. The Hall–Kier alpha value is -3.24. The van der Waals surface area contributed by atoms with Crippen molar-refractivity contribution < 1.29 is 19.0 Å². The molecule has 0 aliphatic carbocycles. The topological polar surface area (TPSA) is 92.0 Å². The Bertz CT molecular complexity index is 1400. The maximum Gasteiger partial charge on any atom is 0.308 e. The third kappa shape index (κ3) is 4.17. The van der Waals surface area contributed by atoms with Gasteiger partial charge in [-0.25, -0.2) is 0 Å². The average Bonchev–Trinajstić information content (AvgIpc) is 3.29. The van der Waals surface area contributed by atoms with E-state index >= 15 is 0 Å². The van der Waals surface area contributed by atoms with Gasteiger partial charge in [0.2, 0.25) is 4.96 Å². The van der Waals surface area contributed by atoms with Crippen LogP contribution >= 0.6 is 27.3 Å². The van der Waals surface area contributed by atoms with E-state index in [1.54, 1.807) is 25.3 Å². The van der Waals surface area contributed by atoms with Gasteiger partial charge in [-0.05, 0) is 64.0 Å². The van der Waals surface area contributed by atoms with Gasteiger partial charge in [0, 0.05) is 12.5 Å².